The van der Waals surface area contributed by atoms with Crippen molar-refractivity contribution in [3.63, 3.8) is 0 Å². The van der Waals surface area contributed by atoms with Gasteiger partial charge in [0.25, 0.3) is 0 Å². The summed E-state index contributed by atoms with van der Waals surface area (Å²) < 4.78 is 5.19. The van der Waals surface area contributed by atoms with Gasteiger partial charge in [0.1, 0.15) is 11.8 Å². The van der Waals surface area contributed by atoms with Crippen molar-refractivity contribution in [1.82, 2.24) is 4.90 Å². The van der Waals surface area contributed by atoms with Crippen LogP contribution in [0.3, 0.4) is 0 Å². The molecule has 2 aromatic rings. The molecule has 3 nitrogen and oxygen atoms in total. The molecule has 0 spiro atoms. The fourth-order valence-corrected chi connectivity index (χ4v) is 2.89. The van der Waals surface area contributed by atoms with Crippen molar-refractivity contribution in [1.29, 1.82) is 5.26 Å². The molecule has 0 saturated heterocycles. The fraction of sp³-hybridized carbons (Fsp3) is 0.278. The number of nitriles is 1. The zero-order chi connectivity index (χ0) is 14.7. The predicted octanol–water partition coefficient (Wildman–Crippen LogP) is 3.13. The molecule has 1 heterocycles. The molecule has 0 saturated carbocycles. The first-order valence-corrected chi connectivity index (χ1v) is 7.16. The molecule has 1 aliphatic heterocycles. The number of ether oxygens (including phenoxy) is 1. The number of methoxy groups -OCH3 is 1. The molecule has 1 aliphatic rings. The van der Waals surface area contributed by atoms with Crippen molar-refractivity contribution in [3.05, 3.63) is 64.7 Å². The smallest absolute Gasteiger partial charge is 0.136 e. The average Bonchev–Trinajstić information content (AvgIpc) is 2.54. The standard InChI is InChI=1S/C18H18N2O/c1-21-18-7-6-14(10-17(18)11-19)12-20-9-8-15-4-2-3-5-16(15)13-20/h2-7,10H,8-9,12-13H2,1H3. The third-order valence-electron chi connectivity index (χ3n) is 4.00. The number of hydrogen-bond acceptors (Lipinski definition) is 3. The van der Waals surface area contributed by atoms with E-state index in [0.717, 1.165) is 31.6 Å². The van der Waals surface area contributed by atoms with Gasteiger partial charge in [0.2, 0.25) is 0 Å². The highest BCUT2D eigenvalue weighted by atomic mass is 16.5. The molecule has 2 aromatic carbocycles. The molecule has 106 valence electrons. The van der Waals surface area contributed by atoms with Crippen molar-refractivity contribution < 1.29 is 4.74 Å². The first-order valence-electron chi connectivity index (χ1n) is 7.16. The van der Waals surface area contributed by atoms with Gasteiger partial charge in [0, 0.05) is 19.6 Å². The Kier molecular flexibility index (Phi) is 3.89. The second-order valence-corrected chi connectivity index (χ2v) is 5.38. The number of fused-ring (bicyclic) bond motifs is 1. The minimum absolute atomic E-state index is 0.604. The van der Waals surface area contributed by atoms with E-state index in [1.54, 1.807) is 7.11 Å². The number of hydrogen-bond donors (Lipinski definition) is 0. The van der Waals surface area contributed by atoms with Gasteiger partial charge in [-0.3, -0.25) is 4.90 Å². The fourth-order valence-electron chi connectivity index (χ4n) is 2.89. The highest BCUT2D eigenvalue weighted by molar-refractivity contribution is 5.45. The van der Waals surface area contributed by atoms with Gasteiger partial charge < -0.3 is 4.74 Å². The normalized spacial score (nSPS) is 14.3. The van der Waals surface area contributed by atoms with E-state index < -0.39 is 0 Å². The molecule has 0 N–H and O–H groups in total. The van der Waals surface area contributed by atoms with Crippen LogP contribution in [0.25, 0.3) is 0 Å². The largest absolute Gasteiger partial charge is 0.495 e. The summed E-state index contributed by atoms with van der Waals surface area (Å²) in [5.74, 6) is 0.644. The van der Waals surface area contributed by atoms with Crippen LogP contribution in [-0.2, 0) is 19.5 Å². The molecule has 0 bridgehead atoms. The summed E-state index contributed by atoms with van der Waals surface area (Å²) in [5, 5.41) is 9.17. The second kappa shape index (κ2) is 5.99. The number of benzene rings is 2. The molecular weight excluding hydrogens is 260 g/mol. The van der Waals surface area contributed by atoms with E-state index in [1.807, 2.05) is 18.2 Å². The molecule has 3 heteroatoms. The Morgan fingerprint density at radius 3 is 2.76 bits per heavy atom. The molecule has 0 amide bonds. The summed E-state index contributed by atoms with van der Waals surface area (Å²) >= 11 is 0. The van der Waals surface area contributed by atoms with E-state index in [9.17, 15) is 0 Å². The highest BCUT2D eigenvalue weighted by Gasteiger charge is 2.16. The van der Waals surface area contributed by atoms with Crippen molar-refractivity contribution >= 4 is 0 Å². The van der Waals surface area contributed by atoms with Crippen LogP contribution in [0.2, 0.25) is 0 Å². The van der Waals surface area contributed by atoms with Crippen LogP contribution in [0.1, 0.15) is 22.3 Å². The Bertz CT molecular complexity index is 688. The molecule has 0 aromatic heterocycles. The van der Waals surface area contributed by atoms with Crippen LogP contribution in [0.15, 0.2) is 42.5 Å². The van der Waals surface area contributed by atoms with Crippen LogP contribution in [0.4, 0.5) is 0 Å². The quantitative estimate of drug-likeness (QED) is 0.865. The van der Waals surface area contributed by atoms with Crippen molar-refractivity contribution in [2.75, 3.05) is 13.7 Å². The molecular formula is C18H18N2O. The van der Waals surface area contributed by atoms with Crippen LogP contribution in [-0.4, -0.2) is 18.6 Å². The van der Waals surface area contributed by atoms with Crippen molar-refractivity contribution in [2.24, 2.45) is 0 Å². The number of rotatable bonds is 3. The SMILES string of the molecule is COc1ccc(CN2CCc3ccccc3C2)cc1C#N. The van der Waals surface area contributed by atoms with E-state index in [2.05, 4.69) is 35.2 Å². The molecule has 3 rings (SSSR count). The van der Waals surface area contributed by atoms with E-state index in [4.69, 9.17) is 10.00 Å². The predicted molar refractivity (Wildman–Crippen MR) is 82.0 cm³/mol. The molecule has 0 aliphatic carbocycles. The molecule has 0 radical (unpaired) electrons. The minimum atomic E-state index is 0.604. The van der Waals surface area contributed by atoms with Gasteiger partial charge in [0.15, 0.2) is 0 Å². The van der Waals surface area contributed by atoms with Gasteiger partial charge in [-0.05, 0) is 35.2 Å². The Balaban J connectivity index is 1.75. The van der Waals surface area contributed by atoms with E-state index in [-0.39, 0.29) is 0 Å². The first-order chi connectivity index (χ1) is 10.3. The molecule has 0 fully saturated rings. The van der Waals surface area contributed by atoms with Crippen LogP contribution < -0.4 is 4.74 Å². The van der Waals surface area contributed by atoms with E-state index in [0.29, 0.717) is 11.3 Å². The van der Waals surface area contributed by atoms with Gasteiger partial charge in [-0.25, -0.2) is 0 Å². The third kappa shape index (κ3) is 2.91. The Morgan fingerprint density at radius 1 is 1.19 bits per heavy atom. The summed E-state index contributed by atoms with van der Waals surface area (Å²) in [6.07, 6.45) is 1.09. The van der Waals surface area contributed by atoms with E-state index >= 15 is 0 Å². The van der Waals surface area contributed by atoms with Crippen molar-refractivity contribution in [3.8, 4) is 11.8 Å². The maximum atomic E-state index is 9.17. The summed E-state index contributed by atoms with van der Waals surface area (Å²) in [5.41, 5.74) is 4.64. The molecule has 0 unspecified atom stereocenters. The lowest BCUT2D eigenvalue weighted by Crippen LogP contribution is -2.29. The van der Waals surface area contributed by atoms with E-state index in [1.165, 1.54) is 11.1 Å². The minimum Gasteiger partial charge on any atom is -0.495 e. The highest BCUT2D eigenvalue weighted by Crippen LogP contribution is 2.23. The van der Waals surface area contributed by atoms with Gasteiger partial charge >= 0.3 is 0 Å². The average molecular weight is 278 g/mol. The monoisotopic (exact) mass is 278 g/mol. The molecule has 21 heavy (non-hydrogen) atoms. The first kappa shape index (κ1) is 13.7. The lowest BCUT2D eigenvalue weighted by molar-refractivity contribution is 0.245. The zero-order valence-corrected chi connectivity index (χ0v) is 12.2. The maximum absolute atomic E-state index is 9.17. The second-order valence-electron chi connectivity index (χ2n) is 5.38. The summed E-state index contributed by atoms with van der Waals surface area (Å²) in [6, 6.07) is 16.7. The van der Waals surface area contributed by atoms with Gasteiger partial charge in [-0.1, -0.05) is 30.3 Å². The Labute approximate surface area is 125 Å². The van der Waals surface area contributed by atoms with Crippen LogP contribution in [0, 0.1) is 11.3 Å². The summed E-state index contributed by atoms with van der Waals surface area (Å²) in [4.78, 5) is 2.42. The van der Waals surface area contributed by atoms with Gasteiger partial charge in [0.05, 0.1) is 12.7 Å². The Hall–Kier alpha value is -2.31. The molecule has 0 atom stereocenters. The van der Waals surface area contributed by atoms with Crippen LogP contribution >= 0.6 is 0 Å². The topological polar surface area (TPSA) is 36.3 Å². The lowest BCUT2D eigenvalue weighted by atomic mass is 9.99. The van der Waals surface area contributed by atoms with Gasteiger partial charge in [-0.2, -0.15) is 5.26 Å². The summed E-state index contributed by atoms with van der Waals surface area (Å²) in [7, 11) is 1.59. The van der Waals surface area contributed by atoms with Gasteiger partial charge in [-0.15, -0.1) is 0 Å². The Morgan fingerprint density at radius 2 is 2.00 bits per heavy atom. The number of nitrogens with zero attached hydrogens (tertiary/aromatic N) is 2. The zero-order valence-electron chi connectivity index (χ0n) is 12.2. The lowest BCUT2D eigenvalue weighted by Gasteiger charge is -2.28. The summed E-state index contributed by atoms with van der Waals surface area (Å²) in [6.45, 7) is 2.90. The third-order valence-corrected chi connectivity index (χ3v) is 4.00. The maximum Gasteiger partial charge on any atom is 0.136 e. The van der Waals surface area contributed by atoms with Crippen LogP contribution in [0.5, 0.6) is 5.75 Å². The van der Waals surface area contributed by atoms with Crippen molar-refractivity contribution in [2.45, 2.75) is 19.5 Å².